The molecule has 6 nitrogen and oxygen atoms in total. The molecule has 2 aromatic heterocycles. The lowest BCUT2D eigenvalue weighted by Crippen LogP contribution is -2.21. The van der Waals surface area contributed by atoms with Crippen molar-refractivity contribution in [2.45, 2.75) is 45.1 Å². The van der Waals surface area contributed by atoms with Crippen molar-refractivity contribution in [2.24, 2.45) is 0 Å². The van der Waals surface area contributed by atoms with Crippen molar-refractivity contribution >= 4 is 23.2 Å². The van der Waals surface area contributed by atoms with Gasteiger partial charge in [-0.2, -0.15) is 19.6 Å². The second-order valence-corrected chi connectivity index (χ2v) is 5.76. The summed E-state index contributed by atoms with van der Waals surface area (Å²) in [5.41, 5.74) is 0.868. The van der Waals surface area contributed by atoms with E-state index in [0.29, 0.717) is 30.2 Å². The highest BCUT2D eigenvalue weighted by atomic mass is 35.5. The van der Waals surface area contributed by atoms with Gasteiger partial charge in [-0.25, -0.2) is 0 Å². The van der Waals surface area contributed by atoms with Gasteiger partial charge in [0, 0.05) is 12.1 Å². The molecule has 0 aromatic carbocycles. The lowest BCUT2D eigenvalue weighted by Gasteiger charge is -2.22. The predicted octanol–water partition coefficient (Wildman–Crippen LogP) is 2.85. The number of rotatable bonds is 5. The highest BCUT2D eigenvalue weighted by Crippen LogP contribution is 2.22. The van der Waals surface area contributed by atoms with E-state index in [0.717, 1.165) is 11.4 Å². The second kappa shape index (κ2) is 6.58. The van der Waals surface area contributed by atoms with Crippen LogP contribution in [-0.2, 0) is 4.74 Å². The monoisotopic (exact) mass is 309 g/mol. The summed E-state index contributed by atoms with van der Waals surface area (Å²) in [4.78, 5) is 8.25. The molecule has 0 radical (unpaired) electrons. The van der Waals surface area contributed by atoms with E-state index in [1.807, 2.05) is 6.92 Å². The molecule has 1 saturated carbocycles. The van der Waals surface area contributed by atoms with Crippen molar-refractivity contribution in [3.63, 3.8) is 0 Å². The quantitative estimate of drug-likeness (QED) is 0.679. The Morgan fingerprint density at radius 2 is 2.19 bits per heavy atom. The molecule has 0 bridgehead atoms. The highest BCUT2D eigenvalue weighted by molar-refractivity contribution is 6.30. The van der Waals surface area contributed by atoms with Crippen LogP contribution < -0.4 is 5.32 Å². The Labute approximate surface area is 128 Å². The molecule has 2 heterocycles. The number of nitrogens with one attached hydrogen (secondary N) is 1. The minimum absolute atomic E-state index is 0.425. The summed E-state index contributed by atoms with van der Waals surface area (Å²) in [6.45, 7) is 3.31. The molecular formula is C14H20ClN5O. The summed E-state index contributed by atoms with van der Waals surface area (Å²) in [7, 11) is 0. The summed E-state index contributed by atoms with van der Waals surface area (Å²) < 4.78 is 7.58. The average Bonchev–Trinajstić information content (AvgIpc) is 2.96. The number of nitrogens with zero attached hydrogens (tertiary/aromatic N) is 4. The van der Waals surface area contributed by atoms with Gasteiger partial charge in [0.15, 0.2) is 0 Å². The molecule has 7 heteroatoms. The molecule has 21 heavy (non-hydrogen) atoms. The van der Waals surface area contributed by atoms with Gasteiger partial charge in [0.1, 0.15) is 17.3 Å². The number of anilines is 1. The van der Waals surface area contributed by atoms with Crippen LogP contribution in [0.1, 0.15) is 37.7 Å². The first-order valence-corrected chi connectivity index (χ1v) is 7.85. The standard InChI is InChI=1S/C14H20ClN5O/c1-10-12(15)19-14-17-9-18-20(14)13(10)16-7-8-21-11-5-3-2-4-6-11/h9,11,16H,2-8H2,1H3. The smallest absolute Gasteiger partial charge is 0.255 e. The molecule has 0 saturated heterocycles. The first-order chi connectivity index (χ1) is 10.3. The van der Waals surface area contributed by atoms with Gasteiger partial charge >= 0.3 is 0 Å². The number of hydrogen-bond donors (Lipinski definition) is 1. The first-order valence-electron chi connectivity index (χ1n) is 7.47. The molecule has 1 aliphatic rings. The van der Waals surface area contributed by atoms with Crippen LogP contribution >= 0.6 is 11.6 Å². The first kappa shape index (κ1) is 14.5. The van der Waals surface area contributed by atoms with E-state index in [1.165, 1.54) is 38.4 Å². The fraction of sp³-hybridized carbons (Fsp3) is 0.643. The maximum Gasteiger partial charge on any atom is 0.255 e. The van der Waals surface area contributed by atoms with Crippen LogP contribution in [-0.4, -0.2) is 38.8 Å². The number of halogens is 1. The van der Waals surface area contributed by atoms with Crippen LogP contribution in [0.2, 0.25) is 5.15 Å². The van der Waals surface area contributed by atoms with E-state index in [2.05, 4.69) is 20.4 Å². The van der Waals surface area contributed by atoms with Gasteiger partial charge in [-0.1, -0.05) is 30.9 Å². The molecule has 1 aliphatic carbocycles. The molecule has 1 fully saturated rings. The van der Waals surface area contributed by atoms with Crippen molar-refractivity contribution in [1.29, 1.82) is 0 Å². The number of fused-ring (bicyclic) bond motifs is 1. The number of hydrogen-bond acceptors (Lipinski definition) is 5. The van der Waals surface area contributed by atoms with E-state index in [9.17, 15) is 0 Å². The zero-order valence-corrected chi connectivity index (χ0v) is 12.9. The third kappa shape index (κ3) is 3.27. The van der Waals surface area contributed by atoms with E-state index in [-0.39, 0.29) is 0 Å². The largest absolute Gasteiger partial charge is 0.376 e. The van der Waals surface area contributed by atoms with E-state index in [4.69, 9.17) is 16.3 Å². The van der Waals surface area contributed by atoms with Crippen LogP contribution in [0.15, 0.2) is 6.33 Å². The van der Waals surface area contributed by atoms with Crippen LogP contribution in [0, 0.1) is 6.92 Å². The van der Waals surface area contributed by atoms with Crippen LogP contribution in [0.25, 0.3) is 5.78 Å². The zero-order valence-electron chi connectivity index (χ0n) is 12.2. The topological polar surface area (TPSA) is 64.3 Å². The summed E-state index contributed by atoms with van der Waals surface area (Å²) in [6, 6.07) is 0. The fourth-order valence-corrected chi connectivity index (χ4v) is 2.90. The van der Waals surface area contributed by atoms with Crippen molar-refractivity contribution < 1.29 is 4.74 Å². The molecule has 1 N–H and O–H groups in total. The summed E-state index contributed by atoms with van der Waals surface area (Å²) in [6.07, 6.45) is 8.20. The van der Waals surface area contributed by atoms with Gasteiger partial charge in [-0.05, 0) is 19.8 Å². The minimum Gasteiger partial charge on any atom is -0.376 e. The Morgan fingerprint density at radius 1 is 1.38 bits per heavy atom. The Hall–Kier alpha value is -1.40. The average molecular weight is 310 g/mol. The van der Waals surface area contributed by atoms with E-state index < -0.39 is 0 Å². The van der Waals surface area contributed by atoms with Crippen molar-refractivity contribution in [1.82, 2.24) is 19.6 Å². The molecule has 0 aliphatic heterocycles. The lowest BCUT2D eigenvalue weighted by molar-refractivity contribution is 0.0347. The van der Waals surface area contributed by atoms with Gasteiger partial charge < -0.3 is 10.1 Å². The third-order valence-electron chi connectivity index (χ3n) is 3.90. The van der Waals surface area contributed by atoms with Crippen molar-refractivity contribution in [2.75, 3.05) is 18.5 Å². The Balaban J connectivity index is 1.59. The molecule has 0 unspecified atom stereocenters. The van der Waals surface area contributed by atoms with E-state index >= 15 is 0 Å². The van der Waals surface area contributed by atoms with Crippen molar-refractivity contribution in [3.05, 3.63) is 17.0 Å². The predicted molar refractivity (Wildman–Crippen MR) is 81.8 cm³/mol. The van der Waals surface area contributed by atoms with Gasteiger partial charge in [-0.15, -0.1) is 0 Å². The normalized spacial score (nSPS) is 16.5. The summed E-state index contributed by atoms with van der Waals surface area (Å²) in [5, 5.41) is 7.95. The molecular weight excluding hydrogens is 290 g/mol. The van der Waals surface area contributed by atoms with Gasteiger partial charge in [0.2, 0.25) is 0 Å². The maximum absolute atomic E-state index is 6.12. The molecule has 0 spiro atoms. The number of aromatic nitrogens is 4. The molecule has 2 aromatic rings. The van der Waals surface area contributed by atoms with Gasteiger partial charge in [-0.3, -0.25) is 0 Å². The molecule has 3 rings (SSSR count). The van der Waals surface area contributed by atoms with Crippen LogP contribution in [0.3, 0.4) is 0 Å². The van der Waals surface area contributed by atoms with Gasteiger partial charge in [0.05, 0.1) is 12.7 Å². The SMILES string of the molecule is Cc1c(Cl)nc2ncnn2c1NCCOC1CCCCC1. The fourth-order valence-electron chi connectivity index (χ4n) is 2.73. The Bertz CT molecular complexity index is 609. The van der Waals surface area contributed by atoms with Crippen LogP contribution in [0.5, 0.6) is 0 Å². The van der Waals surface area contributed by atoms with E-state index in [1.54, 1.807) is 4.52 Å². The third-order valence-corrected chi connectivity index (χ3v) is 4.27. The summed E-state index contributed by atoms with van der Waals surface area (Å²) in [5.74, 6) is 1.33. The van der Waals surface area contributed by atoms with Gasteiger partial charge in [0.25, 0.3) is 5.78 Å². The van der Waals surface area contributed by atoms with Crippen LogP contribution in [0.4, 0.5) is 5.82 Å². The molecule has 0 amide bonds. The minimum atomic E-state index is 0.425. The Morgan fingerprint density at radius 3 is 3.00 bits per heavy atom. The molecule has 0 atom stereocenters. The highest BCUT2D eigenvalue weighted by Gasteiger charge is 2.14. The molecule has 114 valence electrons. The zero-order chi connectivity index (χ0) is 14.7. The lowest BCUT2D eigenvalue weighted by atomic mass is 9.98. The summed E-state index contributed by atoms with van der Waals surface area (Å²) >= 11 is 6.12. The maximum atomic E-state index is 6.12. The second-order valence-electron chi connectivity index (χ2n) is 5.41. The number of ether oxygens (including phenoxy) is 1. The van der Waals surface area contributed by atoms with Crippen molar-refractivity contribution in [3.8, 4) is 0 Å². The Kier molecular flexibility index (Phi) is 4.55.